The zero-order valence-corrected chi connectivity index (χ0v) is 9.68. The molecule has 0 spiro atoms. The third-order valence-corrected chi connectivity index (χ3v) is 1.79. The van der Waals surface area contributed by atoms with Gasteiger partial charge in [0.15, 0.2) is 0 Å². The predicted octanol–water partition coefficient (Wildman–Crippen LogP) is -2.99. The quantitative estimate of drug-likeness (QED) is 0.447. The van der Waals surface area contributed by atoms with Gasteiger partial charge in [-0.1, -0.05) is 0 Å². The normalized spacial score (nSPS) is 9.56. The van der Waals surface area contributed by atoms with E-state index in [9.17, 15) is 4.79 Å². The van der Waals surface area contributed by atoms with Crippen LogP contribution in [0.5, 0.6) is 0 Å². The van der Waals surface area contributed by atoms with Gasteiger partial charge in [-0.2, -0.15) is 0 Å². The van der Waals surface area contributed by atoms with E-state index in [1.165, 1.54) is 0 Å². The molecule has 16 heavy (non-hydrogen) atoms. The minimum atomic E-state index is -2.92. The SMILES string of the molecule is O=C(O)C=Cc1ccc[c]([Ti+3])c1.[O-]B([O-])[O-]. The molecule has 7 heteroatoms. The summed E-state index contributed by atoms with van der Waals surface area (Å²) >= 11 is 1.97. The van der Waals surface area contributed by atoms with Crippen LogP contribution in [0, 0.1) is 0 Å². The molecule has 0 atom stereocenters. The Morgan fingerprint density at radius 2 is 1.94 bits per heavy atom. The Labute approximate surface area is 105 Å². The summed E-state index contributed by atoms with van der Waals surface area (Å²) in [7, 11) is -2.92. The van der Waals surface area contributed by atoms with Gasteiger partial charge in [0.1, 0.15) is 0 Å². The minimum absolute atomic E-state index is 0.914. The van der Waals surface area contributed by atoms with E-state index >= 15 is 0 Å². The van der Waals surface area contributed by atoms with Crippen molar-refractivity contribution in [2.45, 2.75) is 0 Å². The van der Waals surface area contributed by atoms with Crippen LogP contribution in [0.1, 0.15) is 5.56 Å². The third kappa shape index (κ3) is 9.64. The van der Waals surface area contributed by atoms with E-state index in [0.717, 1.165) is 15.5 Å². The van der Waals surface area contributed by atoms with Gasteiger partial charge >= 0.3 is 82.2 Å². The molecular formula is C9H7BO5Ti. The fourth-order valence-electron chi connectivity index (χ4n) is 0.810. The first-order valence-corrected chi connectivity index (χ1v) is 4.90. The summed E-state index contributed by atoms with van der Waals surface area (Å²) in [5.41, 5.74) is 0.914. The summed E-state index contributed by atoms with van der Waals surface area (Å²) in [5, 5.41) is 33.6. The number of carbonyl (C=O) groups is 1. The summed E-state index contributed by atoms with van der Waals surface area (Å²) in [6.45, 7) is 0. The first-order chi connectivity index (χ1) is 7.41. The molecule has 1 rings (SSSR count). The van der Waals surface area contributed by atoms with Gasteiger partial charge in [0, 0.05) is 0 Å². The second-order valence-electron chi connectivity index (χ2n) is 2.59. The first kappa shape index (κ1) is 15.1. The molecule has 0 heterocycles. The van der Waals surface area contributed by atoms with E-state index in [1.807, 2.05) is 44.7 Å². The van der Waals surface area contributed by atoms with Crippen molar-refractivity contribution in [1.82, 2.24) is 0 Å². The van der Waals surface area contributed by atoms with E-state index in [-0.39, 0.29) is 0 Å². The maximum atomic E-state index is 10.2. The van der Waals surface area contributed by atoms with Gasteiger partial charge < -0.3 is 15.1 Å². The van der Waals surface area contributed by atoms with Crippen molar-refractivity contribution in [2.75, 3.05) is 0 Å². The van der Waals surface area contributed by atoms with Crippen molar-refractivity contribution >= 4 is 23.2 Å². The van der Waals surface area contributed by atoms with E-state index in [0.29, 0.717) is 0 Å². The Hall–Kier alpha value is -0.911. The van der Waals surface area contributed by atoms with Gasteiger partial charge in [0.05, 0.1) is 0 Å². The van der Waals surface area contributed by atoms with Crippen molar-refractivity contribution in [3.8, 4) is 0 Å². The van der Waals surface area contributed by atoms with Crippen LogP contribution in [-0.2, 0) is 25.2 Å². The van der Waals surface area contributed by atoms with Crippen molar-refractivity contribution in [3.05, 3.63) is 35.9 Å². The van der Waals surface area contributed by atoms with Gasteiger partial charge in [0.2, 0.25) is 0 Å². The predicted molar refractivity (Wildman–Crippen MR) is 48.5 cm³/mol. The molecule has 0 fully saturated rings. The number of carboxylic acid groups (broad SMARTS) is 1. The summed E-state index contributed by atoms with van der Waals surface area (Å²) < 4.78 is 1.13. The minimum Gasteiger partial charge on any atom is -0.907 e. The van der Waals surface area contributed by atoms with Crippen molar-refractivity contribution in [3.63, 3.8) is 0 Å². The summed E-state index contributed by atoms with van der Waals surface area (Å²) in [6.07, 6.45) is 2.71. The number of carboxylic acids is 1. The van der Waals surface area contributed by atoms with Crippen LogP contribution in [0.3, 0.4) is 0 Å². The van der Waals surface area contributed by atoms with Gasteiger partial charge in [-0.05, 0) is 0 Å². The average molecular weight is 254 g/mol. The number of aliphatic carboxylic acids is 1. The Morgan fingerprint density at radius 3 is 2.38 bits per heavy atom. The maximum Gasteiger partial charge on any atom is -0.278 e. The number of rotatable bonds is 2. The topological polar surface area (TPSA) is 106 Å². The van der Waals surface area contributed by atoms with Crippen LogP contribution < -0.4 is 18.9 Å². The molecule has 5 nitrogen and oxygen atoms in total. The zero-order valence-electron chi connectivity index (χ0n) is 8.12. The second kappa shape index (κ2) is 8.27. The monoisotopic (exact) mass is 254 g/mol. The molecular weight excluding hydrogens is 247 g/mol. The van der Waals surface area contributed by atoms with Gasteiger partial charge in [-0.25, -0.2) is 0 Å². The van der Waals surface area contributed by atoms with Crippen molar-refractivity contribution in [1.29, 1.82) is 0 Å². The molecule has 1 N–H and O–H groups in total. The molecule has 80 valence electrons. The standard InChI is InChI=1S/C9H7O2.BO3.Ti/c10-9(11)7-6-8-4-2-1-3-5-8;2-1(3)4;/h1-2,4-7H,(H,10,11);;/q;-3;+3. The van der Waals surface area contributed by atoms with Crippen LogP contribution >= 0.6 is 0 Å². The Balaban J connectivity index is 0.000000487. The van der Waals surface area contributed by atoms with E-state index in [2.05, 4.69) is 0 Å². The number of benzene rings is 1. The maximum absolute atomic E-state index is 10.2. The molecule has 0 radical (unpaired) electrons. The van der Waals surface area contributed by atoms with Crippen LogP contribution in [0.2, 0.25) is 0 Å². The van der Waals surface area contributed by atoms with E-state index < -0.39 is 13.3 Å². The molecule has 0 saturated heterocycles. The number of hydrogen-bond acceptors (Lipinski definition) is 4. The Morgan fingerprint density at radius 1 is 1.38 bits per heavy atom. The molecule has 1 aromatic rings. The van der Waals surface area contributed by atoms with Gasteiger partial charge in [-0.3, -0.25) is 7.32 Å². The van der Waals surface area contributed by atoms with Crippen molar-refractivity contribution < 1.29 is 45.4 Å². The molecule has 0 aliphatic rings. The molecule has 0 aliphatic carbocycles. The first-order valence-electron chi connectivity index (χ1n) is 4.12. The van der Waals surface area contributed by atoms with E-state index in [1.54, 1.807) is 6.08 Å². The Kier molecular flexibility index (Phi) is 7.80. The molecule has 0 unspecified atom stereocenters. The third-order valence-electron chi connectivity index (χ3n) is 1.30. The van der Waals surface area contributed by atoms with Crippen molar-refractivity contribution in [2.24, 2.45) is 0 Å². The molecule has 0 saturated carbocycles. The molecule has 1 aromatic carbocycles. The number of hydrogen-bond donors (Lipinski definition) is 1. The average Bonchev–Trinajstić information content (AvgIpc) is 2.14. The molecule has 0 amide bonds. The smallest absolute Gasteiger partial charge is 0.278 e. The Bertz CT molecular complexity index is 364. The molecule has 0 bridgehead atoms. The van der Waals surface area contributed by atoms with Crippen LogP contribution in [0.4, 0.5) is 0 Å². The van der Waals surface area contributed by atoms with E-state index in [4.69, 9.17) is 20.2 Å². The fourth-order valence-corrected chi connectivity index (χ4v) is 1.22. The van der Waals surface area contributed by atoms with Crippen LogP contribution in [0.25, 0.3) is 6.08 Å². The molecule has 0 aliphatic heterocycles. The largest absolute Gasteiger partial charge is 0.907 e. The van der Waals surface area contributed by atoms with Crippen LogP contribution in [0.15, 0.2) is 30.3 Å². The van der Waals surface area contributed by atoms with Gasteiger partial charge in [-0.15, -0.1) is 0 Å². The second-order valence-corrected chi connectivity index (χ2v) is 3.49. The zero-order chi connectivity index (χ0) is 12.6. The van der Waals surface area contributed by atoms with Gasteiger partial charge in [0.25, 0.3) is 0 Å². The fraction of sp³-hybridized carbons (Fsp3) is 0. The molecule has 0 aromatic heterocycles. The summed E-state index contributed by atoms with van der Waals surface area (Å²) in [4.78, 5) is 10.2. The van der Waals surface area contributed by atoms with Crippen LogP contribution in [-0.4, -0.2) is 18.4 Å². The summed E-state index contributed by atoms with van der Waals surface area (Å²) in [5.74, 6) is -0.920. The summed E-state index contributed by atoms with van der Waals surface area (Å²) in [6, 6.07) is 7.67.